The molecule has 0 bridgehead atoms. The van der Waals surface area contributed by atoms with E-state index in [1.165, 1.54) is 7.11 Å². The van der Waals surface area contributed by atoms with Gasteiger partial charge in [0.1, 0.15) is 18.1 Å². The standard InChI is InChI=1S/C22H27NO5/c1-16-6-5-7-18(14-16)21(24)23(15-17(2)22(25)27-4)12-13-28-20-10-8-19(26-3)9-11-20/h5-11,14,17H,12-13,15H2,1-4H3. The summed E-state index contributed by atoms with van der Waals surface area (Å²) in [7, 11) is 2.95. The Bertz CT molecular complexity index is 788. The lowest BCUT2D eigenvalue weighted by molar-refractivity contribution is -0.145. The highest BCUT2D eigenvalue weighted by molar-refractivity contribution is 5.94. The van der Waals surface area contributed by atoms with Gasteiger partial charge in [-0.15, -0.1) is 0 Å². The van der Waals surface area contributed by atoms with Gasteiger partial charge < -0.3 is 19.1 Å². The fourth-order valence-electron chi connectivity index (χ4n) is 2.79. The van der Waals surface area contributed by atoms with Gasteiger partial charge in [-0.25, -0.2) is 0 Å². The number of aryl methyl sites for hydroxylation is 1. The first-order valence-corrected chi connectivity index (χ1v) is 9.15. The third-order valence-corrected chi connectivity index (χ3v) is 4.34. The number of methoxy groups -OCH3 is 2. The average Bonchev–Trinajstić information content (AvgIpc) is 2.72. The molecule has 0 aliphatic rings. The second kappa shape index (κ2) is 10.3. The first-order chi connectivity index (χ1) is 13.4. The lowest BCUT2D eigenvalue weighted by atomic mass is 10.1. The van der Waals surface area contributed by atoms with Gasteiger partial charge in [0.15, 0.2) is 0 Å². The van der Waals surface area contributed by atoms with E-state index in [1.807, 2.05) is 49.4 Å². The van der Waals surface area contributed by atoms with E-state index in [2.05, 4.69) is 0 Å². The van der Waals surface area contributed by atoms with Crippen molar-refractivity contribution in [2.45, 2.75) is 13.8 Å². The van der Waals surface area contributed by atoms with Crippen LogP contribution in [-0.4, -0.2) is 50.7 Å². The van der Waals surface area contributed by atoms with E-state index < -0.39 is 5.92 Å². The monoisotopic (exact) mass is 385 g/mol. The Morgan fingerprint density at radius 2 is 1.71 bits per heavy atom. The van der Waals surface area contributed by atoms with Crippen molar-refractivity contribution in [2.24, 2.45) is 5.92 Å². The molecule has 0 spiro atoms. The fourth-order valence-corrected chi connectivity index (χ4v) is 2.79. The summed E-state index contributed by atoms with van der Waals surface area (Å²) in [6.07, 6.45) is 0. The molecular weight excluding hydrogens is 358 g/mol. The minimum atomic E-state index is -0.431. The Hall–Kier alpha value is -3.02. The molecule has 2 aromatic carbocycles. The number of carbonyl (C=O) groups excluding carboxylic acids is 2. The van der Waals surface area contributed by atoms with Crippen molar-refractivity contribution in [2.75, 3.05) is 33.9 Å². The molecule has 0 N–H and O–H groups in total. The van der Waals surface area contributed by atoms with Gasteiger partial charge in [-0.3, -0.25) is 9.59 Å². The summed E-state index contributed by atoms with van der Waals surface area (Å²) in [6, 6.07) is 14.6. The van der Waals surface area contributed by atoms with Crippen LogP contribution in [0.1, 0.15) is 22.8 Å². The summed E-state index contributed by atoms with van der Waals surface area (Å²) in [6.45, 7) is 4.58. The van der Waals surface area contributed by atoms with Gasteiger partial charge >= 0.3 is 5.97 Å². The van der Waals surface area contributed by atoms with Crippen molar-refractivity contribution < 1.29 is 23.8 Å². The first-order valence-electron chi connectivity index (χ1n) is 9.15. The van der Waals surface area contributed by atoms with Crippen LogP contribution < -0.4 is 9.47 Å². The molecule has 1 amide bonds. The molecule has 0 saturated heterocycles. The molecule has 2 aromatic rings. The highest BCUT2D eigenvalue weighted by atomic mass is 16.5. The third kappa shape index (κ3) is 6.01. The number of rotatable bonds is 9. The highest BCUT2D eigenvalue weighted by Gasteiger charge is 2.22. The minimum absolute atomic E-state index is 0.141. The third-order valence-electron chi connectivity index (χ3n) is 4.34. The molecule has 28 heavy (non-hydrogen) atoms. The van der Waals surface area contributed by atoms with Gasteiger partial charge in [0, 0.05) is 12.1 Å². The molecule has 0 aromatic heterocycles. The summed E-state index contributed by atoms with van der Waals surface area (Å²) in [4.78, 5) is 26.4. The van der Waals surface area contributed by atoms with Crippen LogP contribution in [0.25, 0.3) is 0 Å². The second-order valence-corrected chi connectivity index (χ2v) is 6.57. The Morgan fingerprint density at radius 3 is 2.32 bits per heavy atom. The summed E-state index contributed by atoms with van der Waals surface area (Å²) in [5.41, 5.74) is 1.59. The number of ether oxygens (including phenoxy) is 3. The molecule has 0 aliphatic carbocycles. The van der Waals surface area contributed by atoms with Crippen molar-refractivity contribution in [3.63, 3.8) is 0 Å². The van der Waals surface area contributed by atoms with E-state index in [0.29, 0.717) is 24.5 Å². The van der Waals surface area contributed by atoms with Gasteiger partial charge in [-0.1, -0.05) is 24.6 Å². The van der Waals surface area contributed by atoms with Gasteiger partial charge in [0.2, 0.25) is 0 Å². The number of amides is 1. The number of carbonyl (C=O) groups is 2. The number of benzene rings is 2. The minimum Gasteiger partial charge on any atom is -0.497 e. The van der Waals surface area contributed by atoms with E-state index in [9.17, 15) is 9.59 Å². The summed E-state index contributed by atoms with van der Waals surface area (Å²) < 4.78 is 15.7. The van der Waals surface area contributed by atoms with Gasteiger partial charge in [0.05, 0.1) is 26.7 Å². The van der Waals surface area contributed by atoms with Crippen LogP contribution in [0.15, 0.2) is 48.5 Å². The topological polar surface area (TPSA) is 65.1 Å². The molecule has 2 rings (SSSR count). The van der Waals surface area contributed by atoms with E-state index in [-0.39, 0.29) is 18.4 Å². The maximum absolute atomic E-state index is 13.0. The Balaban J connectivity index is 2.06. The largest absolute Gasteiger partial charge is 0.497 e. The maximum atomic E-state index is 13.0. The maximum Gasteiger partial charge on any atom is 0.310 e. The first kappa shape index (κ1) is 21.3. The molecule has 0 aliphatic heterocycles. The molecule has 6 heteroatoms. The van der Waals surface area contributed by atoms with E-state index in [1.54, 1.807) is 25.0 Å². The van der Waals surface area contributed by atoms with Crippen LogP contribution in [-0.2, 0) is 9.53 Å². The van der Waals surface area contributed by atoms with Crippen molar-refractivity contribution in [3.8, 4) is 11.5 Å². The predicted octanol–water partition coefficient (Wildman–Crippen LogP) is 3.33. The summed E-state index contributed by atoms with van der Waals surface area (Å²) >= 11 is 0. The molecule has 1 atom stereocenters. The van der Waals surface area contributed by atoms with Gasteiger partial charge in [-0.05, 0) is 43.3 Å². The quantitative estimate of drug-likeness (QED) is 0.620. The molecule has 150 valence electrons. The smallest absolute Gasteiger partial charge is 0.310 e. The number of nitrogens with zero attached hydrogens (tertiary/aromatic N) is 1. The second-order valence-electron chi connectivity index (χ2n) is 6.57. The Morgan fingerprint density at radius 1 is 1.04 bits per heavy atom. The van der Waals surface area contributed by atoms with Crippen LogP contribution in [0.3, 0.4) is 0 Å². The van der Waals surface area contributed by atoms with E-state index >= 15 is 0 Å². The zero-order chi connectivity index (χ0) is 20.5. The number of hydrogen-bond donors (Lipinski definition) is 0. The molecule has 0 saturated carbocycles. The lowest BCUT2D eigenvalue weighted by Gasteiger charge is -2.25. The molecule has 1 unspecified atom stereocenters. The molecule has 0 fully saturated rings. The van der Waals surface area contributed by atoms with Crippen molar-refractivity contribution in [1.82, 2.24) is 4.90 Å². The Labute approximate surface area is 166 Å². The van der Waals surface area contributed by atoms with Crippen LogP contribution in [0.5, 0.6) is 11.5 Å². The number of hydrogen-bond acceptors (Lipinski definition) is 5. The fraction of sp³-hybridized carbons (Fsp3) is 0.364. The van der Waals surface area contributed by atoms with E-state index in [0.717, 1.165) is 11.3 Å². The molecule has 6 nitrogen and oxygen atoms in total. The average molecular weight is 385 g/mol. The van der Waals surface area contributed by atoms with Crippen molar-refractivity contribution >= 4 is 11.9 Å². The zero-order valence-corrected chi connectivity index (χ0v) is 16.8. The summed E-state index contributed by atoms with van der Waals surface area (Å²) in [5.74, 6) is 0.510. The number of esters is 1. The van der Waals surface area contributed by atoms with Crippen LogP contribution in [0, 0.1) is 12.8 Å². The lowest BCUT2D eigenvalue weighted by Crippen LogP contribution is -2.39. The highest BCUT2D eigenvalue weighted by Crippen LogP contribution is 2.17. The molecule has 0 heterocycles. The summed E-state index contributed by atoms with van der Waals surface area (Å²) in [5, 5.41) is 0. The van der Waals surface area contributed by atoms with Gasteiger partial charge in [0.25, 0.3) is 5.91 Å². The van der Waals surface area contributed by atoms with Crippen molar-refractivity contribution in [1.29, 1.82) is 0 Å². The van der Waals surface area contributed by atoms with Crippen LogP contribution >= 0.6 is 0 Å². The van der Waals surface area contributed by atoms with Gasteiger partial charge in [-0.2, -0.15) is 0 Å². The van der Waals surface area contributed by atoms with Crippen LogP contribution in [0.4, 0.5) is 0 Å². The SMILES string of the molecule is COC(=O)C(C)CN(CCOc1ccc(OC)cc1)C(=O)c1cccc(C)c1. The zero-order valence-electron chi connectivity index (χ0n) is 16.8. The Kier molecular flexibility index (Phi) is 7.87. The van der Waals surface area contributed by atoms with Crippen LogP contribution in [0.2, 0.25) is 0 Å². The molecule has 0 radical (unpaired) electrons. The normalized spacial score (nSPS) is 11.4. The molecular formula is C22H27NO5. The van der Waals surface area contributed by atoms with E-state index in [4.69, 9.17) is 14.2 Å². The van der Waals surface area contributed by atoms with Crippen molar-refractivity contribution in [3.05, 3.63) is 59.7 Å². The predicted molar refractivity (Wildman–Crippen MR) is 107 cm³/mol.